The van der Waals surface area contributed by atoms with E-state index in [1.807, 2.05) is 4.90 Å². The SMILES string of the molecule is Fc1cncnc1N1CCN(c2ccc3nc(C4CC4)cn3c2)CC1. The molecule has 5 rings (SSSR count). The molecule has 0 aromatic carbocycles. The predicted octanol–water partition coefficient (Wildman–Crippen LogP) is 2.47. The molecule has 2 aliphatic rings. The van der Waals surface area contributed by atoms with Crippen LogP contribution in [0.2, 0.25) is 0 Å². The van der Waals surface area contributed by atoms with Gasteiger partial charge in [0.15, 0.2) is 11.6 Å². The summed E-state index contributed by atoms with van der Waals surface area (Å²) in [5, 5.41) is 0. The molecule has 0 radical (unpaired) electrons. The van der Waals surface area contributed by atoms with E-state index in [1.165, 1.54) is 36.7 Å². The first-order valence-corrected chi connectivity index (χ1v) is 8.72. The lowest BCUT2D eigenvalue weighted by molar-refractivity contribution is 0.582. The van der Waals surface area contributed by atoms with Gasteiger partial charge in [-0.05, 0) is 25.0 Å². The van der Waals surface area contributed by atoms with E-state index in [-0.39, 0.29) is 5.82 Å². The zero-order chi connectivity index (χ0) is 16.8. The van der Waals surface area contributed by atoms with Crippen molar-refractivity contribution in [1.29, 1.82) is 0 Å². The molecule has 0 unspecified atom stereocenters. The third kappa shape index (κ3) is 2.69. The van der Waals surface area contributed by atoms with Gasteiger partial charge in [0.1, 0.15) is 12.0 Å². The number of anilines is 2. The molecule has 128 valence electrons. The van der Waals surface area contributed by atoms with E-state index in [4.69, 9.17) is 4.98 Å². The van der Waals surface area contributed by atoms with Gasteiger partial charge in [-0.1, -0.05) is 0 Å². The highest BCUT2D eigenvalue weighted by Crippen LogP contribution is 2.39. The number of halogens is 1. The largest absolute Gasteiger partial charge is 0.367 e. The molecule has 2 fully saturated rings. The number of hydrogen-bond donors (Lipinski definition) is 0. The van der Waals surface area contributed by atoms with Crippen LogP contribution in [-0.2, 0) is 0 Å². The van der Waals surface area contributed by atoms with Crippen LogP contribution in [0.3, 0.4) is 0 Å². The number of pyridine rings is 1. The Balaban J connectivity index is 1.33. The summed E-state index contributed by atoms with van der Waals surface area (Å²) in [4.78, 5) is 16.8. The number of imidazole rings is 1. The van der Waals surface area contributed by atoms with Crippen LogP contribution in [-0.4, -0.2) is 45.5 Å². The molecule has 1 saturated carbocycles. The van der Waals surface area contributed by atoms with Crippen LogP contribution in [0.1, 0.15) is 24.5 Å². The predicted molar refractivity (Wildman–Crippen MR) is 93.6 cm³/mol. The lowest BCUT2D eigenvalue weighted by Crippen LogP contribution is -2.47. The van der Waals surface area contributed by atoms with E-state index >= 15 is 0 Å². The Labute approximate surface area is 144 Å². The van der Waals surface area contributed by atoms with Gasteiger partial charge in [-0.15, -0.1) is 0 Å². The normalized spacial score (nSPS) is 18.1. The third-order valence-corrected chi connectivity index (χ3v) is 5.04. The molecule has 4 heterocycles. The lowest BCUT2D eigenvalue weighted by Gasteiger charge is -2.36. The van der Waals surface area contributed by atoms with Crippen molar-refractivity contribution in [3.63, 3.8) is 0 Å². The van der Waals surface area contributed by atoms with Crippen LogP contribution in [0.25, 0.3) is 5.65 Å². The number of nitrogens with zero attached hydrogens (tertiary/aromatic N) is 6. The molecule has 1 saturated heterocycles. The van der Waals surface area contributed by atoms with Gasteiger partial charge in [-0.2, -0.15) is 0 Å². The fourth-order valence-corrected chi connectivity index (χ4v) is 3.48. The van der Waals surface area contributed by atoms with Gasteiger partial charge in [0.2, 0.25) is 0 Å². The summed E-state index contributed by atoms with van der Waals surface area (Å²) in [7, 11) is 0. The maximum Gasteiger partial charge on any atom is 0.183 e. The van der Waals surface area contributed by atoms with Crippen LogP contribution in [0.15, 0.2) is 37.1 Å². The van der Waals surface area contributed by atoms with Crippen LogP contribution in [0.5, 0.6) is 0 Å². The quantitative estimate of drug-likeness (QED) is 0.734. The highest BCUT2D eigenvalue weighted by atomic mass is 19.1. The van der Waals surface area contributed by atoms with Gasteiger partial charge >= 0.3 is 0 Å². The standard InChI is InChI=1S/C18H19FN6/c19-15-9-20-12-21-18(15)24-7-5-23(6-8-24)14-3-4-17-22-16(13-1-2-13)11-25(17)10-14/h3-4,9-13H,1-2,5-8H2. The first-order valence-electron chi connectivity index (χ1n) is 8.72. The van der Waals surface area contributed by atoms with Crippen molar-refractivity contribution >= 4 is 17.2 Å². The second kappa shape index (κ2) is 5.68. The summed E-state index contributed by atoms with van der Waals surface area (Å²) >= 11 is 0. The van der Waals surface area contributed by atoms with E-state index in [0.717, 1.165) is 31.8 Å². The minimum Gasteiger partial charge on any atom is -0.367 e. The molecular weight excluding hydrogens is 319 g/mol. The molecular formula is C18H19FN6. The van der Waals surface area contributed by atoms with Crippen LogP contribution in [0, 0.1) is 5.82 Å². The van der Waals surface area contributed by atoms with Gasteiger partial charge < -0.3 is 14.2 Å². The van der Waals surface area contributed by atoms with E-state index in [1.54, 1.807) is 0 Å². The fraction of sp³-hybridized carbons (Fsp3) is 0.389. The first kappa shape index (κ1) is 14.6. The second-order valence-corrected chi connectivity index (χ2v) is 6.76. The van der Waals surface area contributed by atoms with Gasteiger partial charge in [0.05, 0.1) is 17.6 Å². The molecule has 0 bridgehead atoms. The summed E-state index contributed by atoms with van der Waals surface area (Å²) in [6, 6.07) is 4.21. The van der Waals surface area contributed by atoms with Crippen LogP contribution >= 0.6 is 0 Å². The van der Waals surface area contributed by atoms with Crippen LogP contribution < -0.4 is 9.80 Å². The van der Waals surface area contributed by atoms with Crippen molar-refractivity contribution in [2.45, 2.75) is 18.8 Å². The molecule has 3 aromatic heterocycles. The molecule has 0 N–H and O–H groups in total. The Morgan fingerprint density at radius 2 is 1.80 bits per heavy atom. The molecule has 7 heteroatoms. The van der Waals surface area contributed by atoms with E-state index in [0.29, 0.717) is 11.7 Å². The highest BCUT2D eigenvalue weighted by Gasteiger charge is 2.26. The van der Waals surface area contributed by atoms with Crippen molar-refractivity contribution < 1.29 is 4.39 Å². The third-order valence-electron chi connectivity index (χ3n) is 5.04. The van der Waals surface area contributed by atoms with Gasteiger partial charge in [-0.25, -0.2) is 19.3 Å². The van der Waals surface area contributed by atoms with E-state index < -0.39 is 0 Å². The van der Waals surface area contributed by atoms with Crippen LogP contribution in [0.4, 0.5) is 15.9 Å². The molecule has 3 aromatic rings. The van der Waals surface area contributed by atoms with Crippen molar-refractivity contribution in [2.75, 3.05) is 36.0 Å². The smallest absolute Gasteiger partial charge is 0.183 e. The van der Waals surface area contributed by atoms with E-state index in [9.17, 15) is 4.39 Å². The lowest BCUT2D eigenvalue weighted by atomic mass is 10.2. The summed E-state index contributed by atoms with van der Waals surface area (Å²) in [5.41, 5.74) is 3.39. The molecule has 1 aliphatic heterocycles. The maximum atomic E-state index is 13.9. The van der Waals surface area contributed by atoms with Crippen molar-refractivity contribution in [1.82, 2.24) is 19.4 Å². The summed E-state index contributed by atoms with van der Waals surface area (Å²) in [6.07, 6.45) is 9.45. The Morgan fingerprint density at radius 3 is 2.56 bits per heavy atom. The average molecular weight is 338 g/mol. The summed E-state index contributed by atoms with van der Waals surface area (Å²) in [6.45, 7) is 3.14. The van der Waals surface area contributed by atoms with Gasteiger partial charge in [-0.3, -0.25) is 0 Å². The Morgan fingerprint density at radius 1 is 1.00 bits per heavy atom. The molecule has 0 spiro atoms. The average Bonchev–Trinajstić information content (AvgIpc) is 3.41. The Kier molecular flexibility index (Phi) is 3.33. The fourth-order valence-electron chi connectivity index (χ4n) is 3.48. The Bertz CT molecular complexity index is 911. The molecule has 0 atom stereocenters. The molecule has 1 aliphatic carbocycles. The minimum atomic E-state index is -0.358. The zero-order valence-corrected chi connectivity index (χ0v) is 13.8. The van der Waals surface area contributed by atoms with Crippen molar-refractivity contribution in [3.8, 4) is 0 Å². The van der Waals surface area contributed by atoms with Crippen molar-refractivity contribution in [2.24, 2.45) is 0 Å². The number of fused-ring (bicyclic) bond motifs is 1. The number of hydrogen-bond acceptors (Lipinski definition) is 5. The first-order chi connectivity index (χ1) is 12.3. The summed E-state index contributed by atoms with van der Waals surface area (Å²) < 4.78 is 16.0. The molecule has 0 amide bonds. The molecule has 25 heavy (non-hydrogen) atoms. The monoisotopic (exact) mass is 338 g/mol. The minimum absolute atomic E-state index is 0.358. The van der Waals surface area contributed by atoms with Gasteiger partial charge in [0.25, 0.3) is 0 Å². The topological polar surface area (TPSA) is 49.6 Å². The van der Waals surface area contributed by atoms with Crippen molar-refractivity contribution in [3.05, 3.63) is 48.6 Å². The summed E-state index contributed by atoms with van der Waals surface area (Å²) in [5.74, 6) is 0.701. The second-order valence-electron chi connectivity index (χ2n) is 6.76. The highest BCUT2D eigenvalue weighted by molar-refractivity contribution is 5.54. The Hall–Kier alpha value is -2.70. The number of rotatable bonds is 3. The zero-order valence-electron chi connectivity index (χ0n) is 13.8. The number of aromatic nitrogens is 4. The maximum absolute atomic E-state index is 13.9. The number of piperazine rings is 1. The molecule has 6 nitrogen and oxygen atoms in total. The van der Waals surface area contributed by atoms with E-state index in [2.05, 4.69) is 43.8 Å². The van der Waals surface area contributed by atoms with Gasteiger partial charge in [0, 0.05) is 44.5 Å².